The molecule has 2 rings (SSSR count). The van der Waals surface area contributed by atoms with Crippen molar-refractivity contribution in [1.29, 1.82) is 0 Å². The highest BCUT2D eigenvalue weighted by molar-refractivity contribution is 9.10. The number of carboxylic acids is 1. The van der Waals surface area contributed by atoms with Crippen LogP contribution in [-0.2, 0) is 4.74 Å². The first-order valence-electron chi connectivity index (χ1n) is 5.39. The molecule has 1 fully saturated rings. The molecule has 0 amide bonds. The number of ether oxygens (including phenoxy) is 1. The van der Waals surface area contributed by atoms with Crippen molar-refractivity contribution in [3.05, 3.63) is 28.2 Å². The third-order valence-corrected chi connectivity index (χ3v) is 4.95. The molecule has 0 aliphatic carbocycles. The molecule has 17 heavy (non-hydrogen) atoms. The molecule has 3 nitrogen and oxygen atoms in total. The summed E-state index contributed by atoms with van der Waals surface area (Å²) in [5, 5.41) is 9.55. The van der Waals surface area contributed by atoms with Crippen LogP contribution in [0.15, 0.2) is 27.6 Å². The van der Waals surface area contributed by atoms with E-state index in [0.29, 0.717) is 15.3 Å². The van der Waals surface area contributed by atoms with Crippen LogP contribution >= 0.6 is 27.7 Å². The summed E-state index contributed by atoms with van der Waals surface area (Å²) in [4.78, 5) is 12.0. The number of halogens is 1. The smallest absolute Gasteiger partial charge is 0.337 e. The van der Waals surface area contributed by atoms with Gasteiger partial charge in [-0.1, -0.05) is 6.07 Å². The molecule has 1 aromatic rings. The van der Waals surface area contributed by atoms with Gasteiger partial charge in [0.05, 0.1) is 11.7 Å². The van der Waals surface area contributed by atoms with Crippen LogP contribution in [0.2, 0.25) is 0 Å². The Balaban J connectivity index is 2.26. The molecule has 0 aromatic heterocycles. The van der Waals surface area contributed by atoms with Crippen LogP contribution in [0.25, 0.3) is 0 Å². The van der Waals surface area contributed by atoms with Gasteiger partial charge in [-0.2, -0.15) is 0 Å². The minimum Gasteiger partial charge on any atom is -0.478 e. The maximum atomic E-state index is 11.2. The van der Waals surface area contributed by atoms with E-state index in [-0.39, 0.29) is 6.10 Å². The van der Waals surface area contributed by atoms with Crippen LogP contribution in [0.4, 0.5) is 0 Å². The minimum absolute atomic E-state index is 0.181. The second kappa shape index (κ2) is 5.42. The lowest BCUT2D eigenvalue weighted by molar-refractivity contribution is 0.0692. The summed E-state index contributed by atoms with van der Waals surface area (Å²) >= 11 is 4.88. The summed E-state index contributed by atoms with van der Waals surface area (Å²) in [5.74, 6) is -0.897. The Hall–Kier alpha value is -0.520. The molecule has 1 N–H and O–H groups in total. The van der Waals surface area contributed by atoms with Gasteiger partial charge in [0, 0.05) is 21.2 Å². The molecule has 0 spiro atoms. The van der Waals surface area contributed by atoms with Crippen molar-refractivity contribution in [2.45, 2.75) is 29.6 Å². The summed E-state index contributed by atoms with van der Waals surface area (Å²) in [7, 11) is 0. The largest absolute Gasteiger partial charge is 0.478 e. The van der Waals surface area contributed by atoms with Crippen LogP contribution in [-0.4, -0.2) is 29.0 Å². The van der Waals surface area contributed by atoms with E-state index in [9.17, 15) is 9.90 Å². The predicted octanol–water partition coefficient (Wildman–Crippen LogP) is 3.42. The standard InChI is InChI=1S/C12H13BrO3S/c1-7-9(5-6-16-7)17-10-4-2-3-8(13)11(10)12(14)15/h2-4,7,9H,5-6H2,1H3,(H,14,15). The molecule has 0 bridgehead atoms. The van der Waals surface area contributed by atoms with Crippen molar-refractivity contribution in [3.63, 3.8) is 0 Å². The lowest BCUT2D eigenvalue weighted by Gasteiger charge is -2.15. The topological polar surface area (TPSA) is 46.5 Å². The van der Waals surface area contributed by atoms with Crippen molar-refractivity contribution in [3.8, 4) is 0 Å². The van der Waals surface area contributed by atoms with Crippen molar-refractivity contribution < 1.29 is 14.6 Å². The summed E-state index contributed by atoms with van der Waals surface area (Å²) in [5.41, 5.74) is 0.344. The number of hydrogen-bond acceptors (Lipinski definition) is 3. The number of thioether (sulfide) groups is 1. The molecule has 1 aliphatic rings. The van der Waals surface area contributed by atoms with E-state index in [1.54, 1.807) is 17.8 Å². The average molecular weight is 317 g/mol. The van der Waals surface area contributed by atoms with Gasteiger partial charge in [-0.05, 0) is 41.4 Å². The van der Waals surface area contributed by atoms with Gasteiger partial charge < -0.3 is 9.84 Å². The number of carboxylic acid groups (broad SMARTS) is 1. The fraction of sp³-hybridized carbons (Fsp3) is 0.417. The lowest BCUT2D eigenvalue weighted by atomic mass is 10.2. The number of benzene rings is 1. The van der Waals surface area contributed by atoms with E-state index in [2.05, 4.69) is 15.9 Å². The fourth-order valence-corrected chi connectivity index (χ4v) is 3.79. The average Bonchev–Trinajstić information content (AvgIpc) is 2.64. The van der Waals surface area contributed by atoms with Gasteiger partial charge in [0.25, 0.3) is 0 Å². The molecule has 0 radical (unpaired) electrons. The van der Waals surface area contributed by atoms with Gasteiger partial charge in [0.1, 0.15) is 0 Å². The Labute approximate surface area is 113 Å². The zero-order valence-corrected chi connectivity index (χ0v) is 11.8. The highest BCUT2D eigenvalue weighted by Crippen LogP contribution is 2.36. The quantitative estimate of drug-likeness (QED) is 0.928. The molecule has 0 saturated carbocycles. The zero-order chi connectivity index (χ0) is 12.4. The first-order chi connectivity index (χ1) is 8.09. The number of rotatable bonds is 3. The van der Waals surface area contributed by atoms with Crippen molar-refractivity contribution in [2.24, 2.45) is 0 Å². The molecular formula is C12H13BrO3S. The van der Waals surface area contributed by atoms with Gasteiger partial charge in [0.15, 0.2) is 0 Å². The second-order valence-corrected chi connectivity index (χ2v) is 6.07. The Bertz CT molecular complexity index is 436. The lowest BCUT2D eigenvalue weighted by Crippen LogP contribution is -2.14. The van der Waals surface area contributed by atoms with Gasteiger partial charge >= 0.3 is 5.97 Å². The van der Waals surface area contributed by atoms with Crippen molar-refractivity contribution >= 4 is 33.7 Å². The third kappa shape index (κ3) is 2.84. The maximum Gasteiger partial charge on any atom is 0.337 e. The number of hydrogen-bond donors (Lipinski definition) is 1. The SMILES string of the molecule is CC1OCCC1Sc1cccc(Br)c1C(=O)O. The molecule has 2 atom stereocenters. The Kier molecular flexibility index (Phi) is 4.12. The first-order valence-corrected chi connectivity index (χ1v) is 7.07. The maximum absolute atomic E-state index is 11.2. The molecule has 1 aromatic carbocycles. The Morgan fingerprint density at radius 1 is 1.59 bits per heavy atom. The predicted molar refractivity (Wildman–Crippen MR) is 70.8 cm³/mol. The van der Waals surface area contributed by atoms with E-state index in [4.69, 9.17) is 4.74 Å². The van der Waals surface area contributed by atoms with Crippen molar-refractivity contribution in [1.82, 2.24) is 0 Å². The van der Waals surface area contributed by atoms with Gasteiger partial charge in [-0.15, -0.1) is 11.8 Å². The molecule has 5 heteroatoms. The molecule has 2 unspecified atom stereocenters. The molecular weight excluding hydrogens is 304 g/mol. The van der Waals surface area contributed by atoms with Gasteiger partial charge in [0.2, 0.25) is 0 Å². The minimum atomic E-state index is -0.897. The highest BCUT2D eigenvalue weighted by Gasteiger charge is 2.27. The second-order valence-electron chi connectivity index (χ2n) is 3.94. The molecule has 1 saturated heterocycles. The Morgan fingerprint density at radius 3 is 2.94 bits per heavy atom. The summed E-state index contributed by atoms with van der Waals surface area (Å²) in [6.45, 7) is 2.79. The monoisotopic (exact) mass is 316 g/mol. The summed E-state index contributed by atoms with van der Waals surface area (Å²) < 4.78 is 6.11. The van der Waals surface area contributed by atoms with Crippen LogP contribution in [0, 0.1) is 0 Å². The molecule has 1 heterocycles. The van der Waals surface area contributed by atoms with E-state index in [0.717, 1.165) is 17.9 Å². The van der Waals surface area contributed by atoms with E-state index in [1.165, 1.54) is 0 Å². The molecule has 92 valence electrons. The zero-order valence-electron chi connectivity index (χ0n) is 9.35. The van der Waals surface area contributed by atoms with E-state index in [1.807, 2.05) is 19.1 Å². The first kappa shape index (κ1) is 12.9. The van der Waals surface area contributed by atoms with Crippen LogP contribution in [0.5, 0.6) is 0 Å². The van der Waals surface area contributed by atoms with Crippen LogP contribution in [0.1, 0.15) is 23.7 Å². The Morgan fingerprint density at radius 2 is 2.35 bits per heavy atom. The van der Waals surface area contributed by atoms with Crippen LogP contribution < -0.4 is 0 Å². The molecule has 1 aliphatic heterocycles. The number of aromatic carboxylic acids is 1. The van der Waals surface area contributed by atoms with Gasteiger partial charge in [-0.25, -0.2) is 4.79 Å². The summed E-state index contributed by atoms with van der Waals surface area (Å²) in [6.07, 6.45) is 1.15. The fourth-order valence-electron chi connectivity index (χ4n) is 1.84. The number of carbonyl (C=O) groups is 1. The summed E-state index contributed by atoms with van der Waals surface area (Å²) in [6, 6.07) is 5.46. The van der Waals surface area contributed by atoms with Crippen LogP contribution in [0.3, 0.4) is 0 Å². The van der Waals surface area contributed by atoms with Crippen molar-refractivity contribution in [2.75, 3.05) is 6.61 Å². The van der Waals surface area contributed by atoms with Gasteiger partial charge in [-0.3, -0.25) is 0 Å². The van der Waals surface area contributed by atoms with E-state index >= 15 is 0 Å². The normalized spacial score (nSPS) is 23.9. The highest BCUT2D eigenvalue weighted by atomic mass is 79.9. The third-order valence-electron chi connectivity index (χ3n) is 2.77. The van der Waals surface area contributed by atoms with E-state index < -0.39 is 5.97 Å².